The standard InChI is InChI=1S/C18H25NOS/c1-18(2,3)13-8-9-15(20)12(10-13)11-17-19-14-6-4-5-7-16(14)21-17/h4-7,12-13,15,20H,8-11H2,1-3H3. The maximum atomic E-state index is 10.4. The maximum absolute atomic E-state index is 10.4. The fourth-order valence-electron chi connectivity index (χ4n) is 3.49. The van der Waals surface area contributed by atoms with Crippen LogP contribution in [0.1, 0.15) is 45.0 Å². The zero-order valence-corrected chi connectivity index (χ0v) is 14.0. The zero-order chi connectivity index (χ0) is 15.0. The van der Waals surface area contributed by atoms with E-state index >= 15 is 0 Å². The van der Waals surface area contributed by atoms with Gasteiger partial charge >= 0.3 is 0 Å². The molecule has 21 heavy (non-hydrogen) atoms. The zero-order valence-electron chi connectivity index (χ0n) is 13.2. The van der Waals surface area contributed by atoms with Gasteiger partial charge in [0, 0.05) is 6.42 Å². The van der Waals surface area contributed by atoms with Crippen LogP contribution in [0, 0.1) is 17.3 Å². The van der Waals surface area contributed by atoms with Crippen LogP contribution in [0.2, 0.25) is 0 Å². The average molecular weight is 303 g/mol. The summed E-state index contributed by atoms with van der Waals surface area (Å²) in [5.41, 5.74) is 1.43. The third kappa shape index (κ3) is 3.29. The summed E-state index contributed by atoms with van der Waals surface area (Å²) in [5.74, 6) is 1.07. The average Bonchev–Trinajstić information content (AvgIpc) is 2.82. The molecule has 3 rings (SSSR count). The van der Waals surface area contributed by atoms with Crippen molar-refractivity contribution in [3.63, 3.8) is 0 Å². The summed E-state index contributed by atoms with van der Waals surface area (Å²) in [6.45, 7) is 6.97. The van der Waals surface area contributed by atoms with Crippen LogP contribution in [0.4, 0.5) is 0 Å². The number of nitrogens with zero attached hydrogens (tertiary/aromatic N) is 1. The molecule has 1 saturated carbocycles. The Morgan fingerprint density at radius 1 is 1.24 bits per heavy atom. The van der Waals surface area contributed by atoms with Gasteiger partial charge in [0.1, 0.15) is 0 Å². The lowest BCUT2D eigenvalue weighted by atomic mass is 9.67. The van der Waals surface area contributed by atoms with Crippen molar-refractivity contribution in [1.82, 2.24) is 4.98 Å². The first kappa shape index (κ1) is 15.0. The quantitative estimate of drug-likeness (QED) is 0.875. The fraction of sp³-hybridized carbons (Fsp3) is 0.611. The lowest BCUT2D eigenvalue weighted by Gasteiger charge is -2.40. The lowest BCUT2D eigenvalue weighted by molar-refractivity contribution is 0.0196. The van der Waals surface area contributed by atoms with Gasteiger partial charge in [0.15, 0.2) is 0 Å². The van der Waals surface area contributed by atoms with Crippen molar-refractivity contribution in [3.05, 3.63) is 29.3 Å². The van der Waals surface area contributed by atoms with E-state index in [0.717, 1.165) is 31.2 Å². The van der Waals surface area contributed by atoms with Gasteiger partial charge in [0.2, 0.25) is 0 Å². The Morgan fingerprint density at radius 3 is 2.71 bits per heavy atom. The van der Waals surface area contributed by atoms with E-state index in [2.05, 4.69) is 39.0 Å². The van der Waals surface area contributed by atoms with Gasteiger partial charge < -0.3 is 5.11 Å². The van der Waals surface area contributed by atoms with Crippen LogP contribution in [-0.4, -0.2) is 16.2 Å². The number of aliphatic hydroxyl groups is 1. The second kappa shape index (κ2) is 5.69. The Bertz CT molecular complexity index is 580. The molecule has 3 heteroatoms. The van der Waals surface area contributed by atoms with Crippen LogP contribution in [0.3, 0.4) is 0 Å². The van der Waals surface area contributed by atoms with Crippen LogP contribution in [0.25, 0.3) is 10.2 Å². The van der Waals surface area contributed by atoms with Crippen molar-refractivity contribution >= 4 is 21.6 Å². The van der Waals surface area contributed by atoms with Crippen LogP contribution in [0.5, 0.6) is 0 Å². The smallest absolute Gasteiger partial charge is 0.0942 e. The van der Waals surface area contributed by atoms with Gasteiger partial charge in [0.25, 0.3) is 0 Å². The largest absolute Gasteiger partial charge is 0.393 e. The predicted octanol–water partition coefficient (Wildman–Crippen LogP) is 4.66. The molecule has 0 bridgehead atoms. The SMILES string of the molecule is CC(C)(C)C1CCC(O)C(Cc2nc3ccccc3s2)C1. The number of aromatic nitrogens is 1. The molecule has 0 saturated heterocycles. The number of benzene rings is 1. The molecular weight excluding hydrogens is 278 g/mol. The van der Waals surface area contributed by atoms with Gasteiger partial charge in [-0.2, -0.15) is 0 Å². The number of hydrogen-bond acceptors (Lipinski definition) is 3. The maximum Gasteiger partial charge on any atom is 0.0942 e. The molecule has 1 N–H and O–H groups in total. The molecular formula is C18H25NOS. The highest BCUT2D eigenvalue weighted by atomic mass is 32.1. The molecule has 0 radical (unpaired) electrons. The summed E-state index contributed by atoms with van der Waals surface area (Å²) in [6, 6.07) is 8.31. The van der Waals surface area contributed by atoms with E-state index in [9.17, 15) is 5.11 Å². The summed E-state index contributed by atoms with van der Waals surface area (Å²) in [7, 11) is 0. The molecule has 1 aromatic carbocycles. The normalized spacial score (nSPS) is 27.1. The molecule has 1 heterocycles. The molecule has 1 aliphatic carbocycles. The Kier molecular flexibility index (Phi) is 4.06. The summed E-state index contributed by atoms with van der Waals surface area (Å²) in [6.07, 6.45) is 3.99. The van der Waals surface area contributed by atoms with Gasteiger partial charge in [-0.25, -0.2) is 4.98 Å². The molecule has 0 aliphatic heterocycles. The van der Waals surface area contributed by atoms with E-state index in [1.165, 1.54) is 9.71 Å². The second-order valence-corrected chi connectivity index (χ2v) is 8.60. The Morgan fingerprint density at radius 2 is 2.00 bits per heavy atom. The number of para-hydroxylation sites is 1. The van der Waals surface area contributed by atoms with E-state index in [1.807, 2.05) is 6.07 Å². The molecule has 1 aromatic heterocycles. The fourth-order valence-corrected chi connectivity index (χ4v) is 4.55. The number of thiazole rings is 1. The number of fused-ring (bicyclic) bond motifs is 1. The Balaban J connectivity index is 1.75. The Labute approximate surface area is 131 Å². The van der Waals surface area contributed by atoms with E-state index < -0.39 is 0 Å². The minimum Gasteiger partial charge on any atom is -0.393 e. The monoisotopic (exact) mass is 303 g/mol. The topological polar surface area (TPSA) is 33.1 Å². The molecule has 0 spiro atoms. The minimum absolute atomic E-state index is 0.157. The van der Waals surface area contributed by atoms with Gasteiger partial charge in [-0.15, -0.1) is 11.3 Å². The number of aliphatic hydroxyl groups excluding tert-OH is 1. The molecule has 3 atom stereocenters. The highest BCUT2D eigenvalue weighted by Crippen LogP contribution is 2.41. The third-order valence-electron chi connectivity index (χ3n) is 4.94. The molecule has 2 aromatic rings. The second-order valence-electron chi connectivity index (χ2n) is 7.48. The van der Waals surface area contributed by atoms with Crippen molar-refractivity contribution in [2.75, 3.05) is 0 Å². The van der Waals surface area contributed by atoms with Crippen LogP contribution >= 0.6 is 11.3 Å². The van der Waals surface area contributed by atoms with E-state index in [0.29, 0.717) is 17.3 Å². The van der Waals surface area contributed by atoms with Gasteiger partial charge in [-0.3, -0.25) is 0 Å². The molecule has 0 amide bonds. The van der Waals surface area contributed by atoms with E-state index in [1.54, 1.807) is 11.3 Å². The molecule has 2 nitrogen and oxygen atoms in total. The van der Waals surface area contributed by atoms with E-state index in [-0.39, 0.29) is 6.10 Å². The summed E-state index contributed by atoms with van der Waals surface area (Å²) in [4.78, 5) is 4.74. The minimum atomic E-state index is -0.157. The molecule has 1 aliphatic rings. The first-order valence-corrected chi connectivity index (χ1v) is 8.77. The van der Waals surface area contributed by atoms with Crippen molar-refractivity contribution in [3.8, 4) is 0 Å². The number of rotatable bonds is 2. The van der Waals surface area contributed by atoms with Crippen LogP contribution in [0.15, 0.2) is 24.3 Å². The van der Waals surface area contributed by atoms with Crippen molar-refractivity contribution in [2.45, 2.75) is 52.6 Å². The van der Waals surface area contributed by atoms with Gasteiger partial charge in [-0.05, 0) is 48.6 Å². The van der Waals surface area contributed by atoms with Gasteiger partial charge in [0.05, 0.1) is 21.3 Å². The first-order valence-electron chi connectivity index (χ1n) is 7.96. The highest BCUT2D eigenvalue weighted by Gasteiger charge is 2.35. The third-order valence-corrected chi connectivity index (χ3v) is 6.00. The summed E-state index contributed by atoms with van der Waals surface area (Å²) < 4.78 is 1.25. The molecule has 114 valence electrons. The van der Waals surface area contributed by atoms with Crippen LogP contribution < -0.4 is 0 Å². The van der Waals surface area contributed by atoms with E-state index in [4.69, 9.17) is 4.98 Å². The lowest BCUT2D eigenvalue weighted by Crippen LogP contribution is -2.35. The van der Waals surface area contributed by atoms with Crippen molar-refractivity contribution < 1.29 is 5.11 Å². The first-order chi connectivity index (χ1) is 9.93. The Hall–Kier alpha value is -0.930. The summed E-state index contributed by atoms with van der Waals surface area (Å²) >= 11 is 1.78. The highest BCUT2D eigenvalue weighted by molar-refractivity contribution is 7.18. The van der Waals surface area contributed by atoms with Crippen molar-refractivity contribution in [2.24, 2.45) is 17.3 Å². The molecule has 3 unspecified atom stereocenters. The molecule has 1 fully saturated rings. The van der Waals surface area contributed by atoms with Crippen LogP contribution in [-0.2, 0) is 6.42 Å². The summed E-state index contributed by atoms with van der Waals surface area (Å²) in [5, 5.41) is 11.5. The predicted molar refractivity (Wildman–Crippen MR) is 89.6 cm³/mol. The van der Waals surface area contributed by atoms with Gasteiger partial charge in [-0.1, -0.05) is 32.9 Å². The van der Waals surface area contributed by atoms with Crippen molar-refractivity contribution in [1.29, 1.82) is 0 Å². The number of hydrogen-bond donors (Lipinski definition) is 1.